The van der Waals surface area contributed by atoms with Crippen LogP contribution in [0.2, 0.25) is 0 Å². The van der Waals surface area contributed by atoms with Gasteiger partial charge in [-0.15, -0.1) is 0 Å². The van der Waals surface area contributed by atoms with Crippen LogP contribution in [0.5, 0.6) is 0 Å². The third-order valence-electron chi connectivity index (χ3n) is 2.27. The molecule has 0 aromatic rings. The summed E-state index contributed by atoms with van der Waals surface area (Å²) in [6.07, 6.45) is 2.64. The van der Waals surface area contributed by atoms with Gasteiger partial charge in [-0.3, -0.25) is 0 Å². The Kier molecular flexibility index (Phi) is 3.79. The van der Waals surface area contributed by atoms with E-state index in [2.05, 4.69) is 24.1 Å². The van der Waals surface area contributed by atoms with E-state index in [4.69, 9.17) is 12.2 Å². The minimum atomic E-state index is 0.801. The van der Waals surface area contributed by atoms with Crippen LogP contribution in [0.4, 0.5) is 0 Å². The minimum Gasteiger partial charge on any atom is -0.363 e. The molecule has 2 nitrogen and oxygen atoms in total. The molecule has 1 aliphatic heterocycles. The van der Waals surface area contributed by atoms with E-state index >= 15 is 0 Å². The molecular weight excluding hydrogens is 168 g/mol. The van der Waals surface area contributed by atoms with Gasteiger partial charge in [0.25, 0.3) is 0 Å². The van der Waals surface area contributed by atoms with E-state index in [-0.39, 0.29) is 0 Å². The van der Waals surface area contributed by atoms with Gasteiger partial charge in [-0.25, -0.2) is 0 Å². The summed E-state index contributed by atoms with van der Waals surface area (Å²) in [5, 5.41) is 4.13. The average Bonchev–Trinajstić information content (AvgIpc) is 2.05. The van der Waals surface area contributed by atoms with Crippen LogP contribution in [0, 0.1) is 5.92 Å². The maximum absolute atomic E-state index is 5.24. The quantitative estimate of drug-likeness (QED) is 0.626. The summed E-state index contributed by atoms with van der Waals surface area (Å²) in [5.41, 5.74) is 0. The normalized spacial score (nSPS) is 23.8. The van der Waals surface area contributed by atoms with E-state index < -0.39 is 0 Å². The molecule has 0 bridgehead atoms. The molecule has 0 aromatic heterocycles. The fraction of sp³-hybridized carbons (Fsp3) is 0.889. The highest BCUT2D eigenvalue weighted by atomic mass is 32.1. The van der Waals surface area contributed by atoms with Gasteiger partial charge in [0.2, 0.25) is 0 Å². The molecule has 1 fully saturated rings. The van der Waals surface area contributed by atoms with Gasteiger partial charge in [0.05, 0.1) is 0 Å². The van der Waals surface area contributed by atoms with Crippen LogP contribution in [0.1, 0.15) is 26.7 Å². The first-order valence-electron chi connectivity index (χ1n) is 4.76. The van der Waals surface area contributed by atoms with Crippen molar-refractivity contribution < 1.29 is 0 Å². The van der Waals surface area contributed by atoms with Gasteiger partial charge in [0, 0.05) is 19.6 Å². The van der Waals surface area contributed by atoms with Crippen molar-refractivity contribution in [2.24, 2.45) is 5.92 Å². The molecule has 1 aliphatic rings. The van der Waals surface area contributed by atoms with Crippen molar-refractivity contribution in [2.45, 2.75) is 26.7 Å². The predicted molar refractivity (Wildman–Crippen MR) is 56.2 cm³/mol. The number of hydrogen-bond donors (Lipinski definition) is 1. The van der Waals surface area contributed by atoms with E-state index in [1.807, 2.05) is 0 Å². The number of rotatable bonds is 1. The monoisotopic (exact) mass is 186 g/mol. The summed E-state index contributed by atoms with van der Waals surface area (Å²) < 4.78 is 0. The molecular formula is C9H18N2S. The molecule has 3 heteroatoms. The molecule has 1 rings (SSSR count). The summed E-state index contributed by atoms with van der Waals surface area (Å²) in [5.74, 6) is 0.801. The van der Waals surface area contributed by atoms with Crippen LogP contribution in [0.25, 0.3) is 0 Å². The topological polar surface area (TPSA) is 15.3 Å². The van der Waals surface area contributed by atoms with Crippen molar-refractivity contribution in [1.29, 1.82) is 0 Å². The van der Waals surface area contributed by atoms with Crippen molar-refractivity contribution in [3.63, 3.8) is 0 Å². The van der Waals surface area contributed by atoms with E-state index in [9.17, 15) is 0 Å². The SMILES string of the molecule is CCNC(=S)N1CCCC(C)C1. The maximum atomic E-state index is 5.24. The van der Waals surface area contributed by atoms with Crippen LogP contribution in [0.15, 0.2) is 0 Å². The lowest BCUT2D eigenvalue weighted by Crippen LogP contribution is -2.44. The average molecular weight is 186 g/mol. The van der Waals surface area contributed by atoms with Crippen LogP contribution in [0.3, 0.4) is 0 Å². The first-order chi connectivity index (χ1) is 5.74. The Bertz CT molecular complexity index is 159. The van der Waals surface area contributed by atoms with Crippen LogP contribution < -0.4 is 5.32 Å². The zero-order chi connectivity index (χ0) is 8.97. The standard InChI is InChI=1S/C9H18N2S/c1-3-10-9(12)11-6-4-5-8(2)7-11/h8H,3-7H2,1-2H3,(H,10,12). The highest BCUT2D eigenvalue weighted by Crippen LogP contribution is 2.15. The Labute approximate surface area is 80.3 Å². The smallest absolute Gasteiger partial charge is 0.168 e. The first kappa shape index (κ1) is 9.78. The van der Waals surface area contributed by atoms with Gasteiger partial charge < -0.3 is 10.2 Å². The Morgan fingerprint density at radius 3 is 3.00 bits per heavy atom. The molecule has 1 unspecified atom stereocenters. The Morgan fingerprint density at radius 2 is 2.42 bits per heavy atom. The second-order valence-electron chi connectivity index (χ2n) is 3.53. The second-order valence-corrected chi connectivity index (χ2v) is 3.92. The second kappa shape index (κ2) is 4.65. The van der Waals surface area contributed by atoms with Crippen LogP contribution >= 0.6 is 12.2 Å². The third kappa shape index (κ3) is 2.63. The summed E-state index contributed by atoms with van der Waals surface area (Å²) in [6.45, 7) is 7.58. The van der Waals surface area contributed by atoms with E-state index in [0.29, 0.717) is 0 Å². The molecule has 1 atom stereocenters. The van der Waals surface area contributed by atoms with Crippen molar-refractivity contribution in [1.82, 2.24) is 10.2 Å². The lowest BCUT2D eigenvalue weighted by molar-refractivity contribution is 0.271. The molecule has 1 heterocycles. The largest absolute Gasteiger partial charge is 0.363 e. The summed E-state index contributed by atoms with van der Waals surface area (Å²) in [7, 11) is 0. The number of hydrogen-bond acceptors (Lipinski definition) is 1. The Hall–Kier alpha value is -0.310. The molecule has 0 aliphatic carbocycles. The molecule has 0 amide bonds. The minimum absolute atomic E-state index is 0.801. The number of likely N-dealkylation sites (tertiary alicyclic amines) is 1. The molecule has 1 saturated heterocycles. The van der Waals surface area contributed by atoms with Gasteiger partial charge >= 0.3 is 0 Å². The third-order valence-corrected chi connectivity index (χ3v) is 2.67. The van der Waals surface area contributed by atoms with Crippen molar-refractivity contribution in [3.8, 4) is 0 Å². The number of nitrogens with zero attached hydrogens (tertiary/aromatic N) is 1. The summed E-state index contributed by atoms with van der Waals surface area (Å²) in [6, 6.07) is 0. The van der Waals surface area contributed by atoms with Crippen LogP contribution in [-0.4, -0.2) is 29.6 Å². The maximum Gasteiger partial charge on any atom is 0.168 e. The summed E-state index contributed by atoms with van der Waals surface area (Å²) >= 11 is 5.24. The van der Waals surface area contributed by atoms with E-state index in [1.54, 1.807) is 0 Å². The molecule has 70 valence electrons. The van der Waals surface area contributed by atoms with Gasteiger partial charge in [-0.05, 0) is 37.9 Å². The number of nitrogens with one attached hydrogen (secondary N) is 1. The highest BCUT2D eigenvalue weighted by Gasteiger charge is 2.17. The molecule has 1 N–H and O–H groups in total. The van der Waals surface area contributed by atoms with Crippen molar-refractivity contribution in [2.75, 3.05) is 19.6 Å². The van der Waals surface area contributed by atoms with E-state index in [1.165, 1.54) is 12.8 Å². The molecule has 0 radical (unpaired) electrons. The van der Waals surface area contributed by atoms with Crippen molar-refractivity contribution in [3.05, 3.63) is 0 Å². The van der Waals surface area contributed by atoms with Crippen LogP contribution in [-0.2, 0) is 0 Å². The molecule has 0 saturated carbocycles. The zero-order valence-electron chi connectivity index (χ0n) is 7.97. The highest BCUT2D eigenvalue weighted by molar-refractivity contribution is 7.80. The molecule has 0 spiro atoms. The van der Waals surface area contributed by atoms with Gasteiger partial charge in [0.1, 0.15) is 0 Å². The fourth-order valence-corrected chi connectivity index (χ4v) is 1.95. The predicted octanol–water partition coefficient (Wildman–Crippen LogP) is 1.61. The molecule has 12 heavy (non-hydrogen) atoms. The number of thiocarbonyl (C=S) groups is 1. The van der Waals surface area contributed by atoms with Crippen molar-refractivity contribution >= 4 is 17.3 Å². The zero-order valence-corrected chi connectivity index (χ0v) is 8.78. The summed E-state index contributed by atoms with van der Waals surface area (Å²) in [4.78, 5) is 2.28. The van der Waals surface area contributed by atoms with E-state index in [0.717, 1.165) is 30.7 Å². The first-order valence-corrected chi connectivity index (χ1v) is 5.17. The Balaban J connectivity index is 2.35. The number of piperidine rings is 1. The van der Waals surface area contributed by atoms with Gasteiger partial charge in [-0.1, -0.05) is 6.92 Å². The van der Waals surface area contributed by atoms with Gasteiger partial charge in [0.15, 0.2) is 5.11 Å². The lowest BCUT2D eigenvalue weighted by Gasteiger charge is -2.32. The Morgan fingerprint density at radius 1 is 1.67 bits per heavy atom. The lowest BCUT2D eigenvalue weighted by atomic mass is 10.0. The van der Waals surface area contributed by atoms with Gasteiger partial charge in [-0.2, -0.15) is 0 Å². The molecule has 0 aromatic carbocycles. The fourth-order valence-electron chi connectivity index (χ4n) is 1.64.